The van der Waals surface area contributed by atoms with Gasteiger partial charge in [0, 0.05) is 19.3 Å². The maximum Gasteiger partial charge on any atom is 0.306 e. The first-order valence-electron chi connectivity index (χ1n) is 19.1. The molecule has 6 nitrogen and oxygen atoms in total. The molecule has 0 aliphatic carbocycles. The Morgan fingerprint density at radius 1 is 0.447 bits per heavy atom. The third kappa shape index (κ3) is 34.5. The zero-order valence-electron chi connectivity index (χ0n) is 30.5. The number of carbonyl (C=O) groups is 3. The SMILES string of the molecule is CC/C=C\C/C=C\CCCCC(=O)OCC(COC(=O)CCCCCC/C=C\CCCC)OC(=O)CCCCCC/C=C\CCCC. The van der Waals surface area contributed by atoms with Gasteiger partial charge in [-0.25, -0.2) is 0 Å². The summed E-state index contributed by atoms with van der Waals surface area (Å²) in [4.78, 5) is 37.3. The van der Waals surface area contributed by atoms with E-state index in [1.165, 1.54) is 25.7 Å². The Bertz CT molecular complexity index is 856. The summed E-state index contributed by atoms with van der Waals surface area (Å²) >= 11 is 0. The van der Waals surface area contributed by atoms with Gasteiger partial charge in [-0.2, -0.15) is 0 Å². The molecule has 1 atom stereocenters. The molecule has 0 N–H and O–H groups in total. The molecule has 0 heterocycles. The van der Waals surface area contributed by atoms with Crippen LogP contribution in [-0.2, 0) is 28.6 Å². The van der Waals surface area contributed by atoms with Crippen molar-refractivity contribution < 1.29 is 28.6 Å². The Balaban J connectivity index is 4.46. The second-order valence-electron chi connectivity index (χ2n) is 12.4. The van der Waals surface area contributed by atoms with Crippen molar-refractivity contribution in [2.75, 3.05) is 13.2 Å². The molecule has 0 saturated heterocycles. The highest BCUT2D eigenvalue weighted by atomic mass is 16.6. The van der Waals surface area contributed by atoms with Gasteiger partial charge in [0.2, 0.25) is 0 Å². The fraction of sp³-hybridized carbons (Fsp3) is 0.732. The van der Waals surface area contributed by atoms with Gasteiger partial charge in [-0.15, -0.1) is 0 Å². The molecule has 0 bridgehead atoms. The lowest BCUT2D eigenvalue weighted by Gasteiger charge is -2.18. The van der Waals surface area contributed by atoms with Crippen molar-refractivity contribution in [3.05, 3.63) is 48.6 Å². The monoisotopic (exact) mass is 659 g/mol. The molecule has 0 aromatic rings. The molecular formula is C41H70O6. The first kappa shape index (κ1) is 44.4. The summed E-state index contributed by atoms with van der Waals surface area (Å²) in [7, 11) is 0. The third-order valence-electron chi connectivity index (χ3n) is 7.79. The van der Waals surface area contributed by atoms with Gasteiger partial charge in [0.1, 0.15) is 13.2 Å². The average molecular weight is 659 g/mol. The maximum absolute atomic E-state index is 12.6. The molecule has 0 aliphatic heterocycles. The second-order valence-corrected chi connectivity index (χ2v) is 12.4. The summed E-state index contributed by atoms with van der Waals surface area (Å²) in [5, 5.41) is 0. The van der Waals surface area contributed by atoms with E-state index in [1.54, 1.807) is 0 Å². The summed E-state index contributed by atoms with van der Waals surface area (Å²) in [5.74, 6) is -0.971. The van der Waals surface area contributed by atoms with Gasteiger partial charge in [-0.3, -0.25) is 14.4 Å². The van der Waals surface area contributed by atoms with Crippen molar-refractivity contribution >= 4 is 17.9 Å². The van der Waals surface area contributed by atoms with Crippen LogP contribution in [0.3, 0.4) is 0 Å². The molecule has 0 rings (SSSR count). The van der Waals surface area contributed by atoms with Gasteiger partial charge in [-0.1, -0.05) is 121 Å². The van der Waals surface area contributed by atoms with Crippen LogP contribution in [0.4, 0.5) is 0 Å². The second kappa shape index (κ2) is 36.2. The van der Waals surface area contributed by atoms with Crippen LogP contribution in [-0.4, -0.2) is 37.2 Å². The number of allylic oxidation sites excluding steroid dienone is 8. The van der Waals surface area contributed by atoms with Crippen LogP contribution in [0.1, 0.15) is 175 Å². The first-order chi connectivity index (χ1) is 23.0. The topological polar surface area (TPSA) is 78.9 Å². The standard InChI is InChI=1S/C41H70O6/c1-4-7-10-13-16-19-22-25-28-31-34-40(43)46-37-38(36-45-39(42)33-30-27-24-21-18-15-12-9-6-3)47-41(44)35-32-29-26-23-20-17-14-11-8-5-2/h9,12-14,16-18,21,38H,4-8,10-11,15,19-20,22-37H2,1-3H3/b12-9-,16-13-,17-14-,21-18-. The zero-order valence-corrected chi connectivity index (χ0v) is 30.5. The van der Waals surface area contributed by atoms with Gasteiger partial charge in [0.05, 0.1) is 0 Å². The van der Waals surface area contributed by atoms with Gasteiger partial charge >= 0.3 is 17.9 Å². The van der Waals surface area contributed by atoms with Crippen LogP contribution < -0.4 is 0 Å². The van der Waals surface area contributed by atoms with Gasteiger partial charge < -0.3 is 14.2 Å². The van der Waals surface area contributed by atoms with Crippen LogP contribution in [0, 0.1) is 0 Å². The van der Waals surface area contributed by atoms with Crippen LogP contribution >= 0.6 is 0 Å². The average Bonchev–Trinajstić information content (AvgIpc) is 3.06. The van der Waals surface area contributed by atoms with E-state index in [-0.39, 0.29) is 31.1 Å². The number of unbranched alkanes of at least 4 members (excludes halogenated alkanes) is 14. The minimum absolute atomic E-state index is 0.0952. The lowest BCUT2D eigenvalue weighted by molar-refractivity contribution is -0.167. The lowest BCUT2D eigenvalue weighted by Crippen LogP contribution is -2.30. The molecule has 0 saturated carbocycles. The Labute approximate surface area is 288 Å². The molecule has 0 fully saturated rings. The quantitative estimate of drug-likeness (QED) is 0.0302. The molecule has 0 amide bonds. The van der Waals surface area contributed by atoms with Crippen LogP contribution in [0.5, 0.6) is 0 Å². The number of esters is 3. The fourth-order valence-corrected chi connectivity index (χ4v) is 4.85. The highest BCUT2D eigenvalue weighted by Crippen LogP contribution is 2.11. The van der Waals surface area contributed by atoms with Crippen molar-refractivity contribution in [2.45, 2.75) is 181 Å². The highest BCUT2D eigenvalue weighted by Gasteiger charge is 2.19. The summed E-state index contributed by atoms with van der Waals surface area (Å²) in [5.41, 5.74) is 0. The minimum Gasteiger partial charge on any atom is -0.462 e. The normalized spacial score (nSPS) is 12.5. The molecule has 0 aromatic carbocycles. The van der Waals surface area contributed by atoms with E-state index in [1.807, 2.05) is 0 Å². The fourth-order valence-electron chi connectivity index (χ4n) is 4.85. The van der Waals surface area contributed by atoms with Crippen LogP contribution in [0.15, 0.2) is 48.6 Å². The molecule has 270 valence electrons. The Kier molecular flexibility index (Phi) is 34.2. The van der Waals surface area contributed by atoms with Gasteiger partial charge in [0.25, 0.3) is 0 Å². The summed E-state index contributed by atoms with van der Waals surface area (Å²) < 4.78 is 16.5. The van der Waals surface area contributed by atoms with Crippen LogP contribution in [0.25, 0.3) is 0 Å². The summed E-state index contributed by atoms with van der Waals surface area (Å²) in [6.45, 7) is 6.33. The predicted octanol–water partition coefficient (Wildman–Crippen LogP) is 11.6. The van der Waals surface area contributed by atoms with Crippen molar-refractivity contribution in [1.82, 2.24) is 0 Å². The Morgan fingerprint density at radius 3 is 1.32 bits per heavy atom. The molecule has 1 unspecified atom stereocenters. The van der Waals surface area contributed by atoms with E-state index in [4.69, 9.17) is 14.2 Å². The van der Waals surface area contributed by atoms with Crippen LogP contribution in [0.2, 0.25) is 0 Å². The van der Waals surface area contributed by atoms with Crippen molar-refractivity contribution in [2.24, 2.45) is 0 Å². The maximum atomic E-state index is 12.6. The Morgan fingerprint density at radius 2 is 0.830 bits per heavy atom. The number of carbonyl (C=O) groups excluding carboxylic acids is 3. The molecule has 0 spiro atoms. The number of ether oxygens (including phenoxy) is 3. The van der Waals surface area contributed by atoms with Crippen molar-refractivity contribution in [3.63, 3.8) is 0 Å². The van der Waals surface area contributed by atoms with Gasteiger partial charge in [-0.05, 0) is 83.5 Å². The van der Waals surface area contributed by atoms with E-state index in [9.17, 15) is 14.4 Å². The number of rotatable bonds is 33. The number of hydrogen-bond acceptors (Lipinski definition) is 6. The highest BCUT2D eigenvalue weighted by molar-refractivity contribution is 5.71. The van der Waals surface area contributed by atoms with E-state index < -0.39 is 6.10 Å². The van der Waals surface area contributed by atoms with Crippen molar-refractivity contribution in [1.29, 1.82) is 0 Å². The molecule has 0 radical (unpaired) electrons. The summed E-state index contributed by atoms with van der Waals surface area (Å²) in [6.07, 6.45) is 39.7. The minimum atomic E-state index is -0.790. The lowest BCUT2D eigenvalue weighted by atomic mass is 10.1. The summed E-state index contributed by atoms with van der Waals surface area (Å²) in [6, 6.07) is 0. The van der Waals surface area contributed by atoms with Gasteiger partial charge in [0.15, 0.2) is 6.10 Å². The van der Waals surface area contributed by atoms with E-state index in [2.05, 4.69) is 69.4 Å². The molecule has 0 aromatic heterocycles. The molecular weight excluding hydrogens is 588 g/mol. The Hall–Kier alpha value is -2.63. The zero-order chi connectivity index (χ0) is 34.5. The molecule has 0 aliphatic rings. The van der Waals surface area contributed by atoms with E-state index >= 15 is 0 Å². The predicted molar refractivity (Wildman–Crippen MR) is 196 cm³/mol. The molecule has 47 heavy (non-hydrogen) atoms. The third-order valence-corrected chi connectivity index (χ3v) is 7.79. The smallest absolute Gasteiger partial charge is 0.306 e. The molecule has 6 heteroatoms. The van der Waals surface area contributed by atoms with E-state index in [0.717, 1.165) is 109 Å². The largest absolute Gasteiger partial charge is 0.462 e. The first-order valence-corrected chi connectivity index (χ1v) is 19.1. The number of hydrogen-bond donors (Lipinski definition) is 0. The van der Waals surface area contributed by atoms with Crippen molar-refractivity contribution in [3.8, 4) is 0 Å². The van der Waals surface area contributed by atoms with E-state index in [0.29, 0.717) is 19.3 Å².